The van der Waals surface area contributed by atoms with E-state index >= 15 is 8.78 Å². The molecule has 4 aromatic rings. The third kappa shape index (κ3) is 5.04. The molecule has 6 unspecified atom stereocenters. The Labute approximate surface area is 243 Å². The molecule has 23 heteroatoms. The van der Waals surface area contributed by atoms with E-state index in [4.69, 9.17) is 33.3 Å². The van der Waals surface area contributed by atoms with Crippen LogP contribution < -0.4 is 11.3 Å². The van der Waals surface area contributed by atoms with Gasteiger partial charge in [0.25, 0.3) is 5.56 Å². The van der Waals surface area contributed by atoms with Crippen LogP contribution in [-0.2, 0) is 36.7 Å². The van der Waals surface area contributed by atoms with Crippen molar-refractivity contribution in [3.05, 3.63) is 41.6 Å². The Kier molecular flexibility index (Phi) is 7.16. The van der Waals surface area contributed by atoms with E-state index in [2.05, 4.69) is 24.9 Å². The average molecular weight is 662 g/mol. The molecule has 236 valence electrons. The van der Waals surface area contributed by atoms with E-state index < -0.39 is 83.6 Å². The summed E-state index contributed by atoms with van der Waals surface area (Å²) < 4.78 is 91.4. The molecule has 0 radical (unpaired) electrons. The van der Waals surface area contributed by atoms with Gasteiger partial charge < -0.3 is 30.0 Å². The van der Waals surface area contributed by atoms with Crippen LogP contribution in [0.3, 0.4) is 0 Å². The predicted molar refractivity (Wildman–Crippen MR) is 139 cm³/mol. The van der Waals surface area contributed by atoms with Gasteiger partial charge in [-0.05, 0) is 6.07 Å². The van der Waals surface area contributed by atoms with Gasteiger partial charge in [0, 0.05) is 6.20 Å². The number of phosphoric acid groups is 2. The lowest BCUT2D eigenvalue weighted by Crippen LogP contribution is -2.37. The molecule has 0 saturated carbocycles. The Morgan fingerprint density at radius 1 is 0.864 bits per heavy atom. The number of nitrogen functional groups attached to an aromatic ring is 1. The fraction of sp³-hybridized carbons (Fsp3) is 0.476. The molecule has 3 aliphatic heterocycles. The number of H-pyrrole nitrogens is 1. The van der Waals surface area contributed by atoms with Gasteiger partial charge in [-0.25, -0.2) is 37.8 Å². The van der Waals surface area contributed by atoms with Crippen molar-refractivity contribution in [2.45, 2.75) is 49.2 Å². The summed E-state index contributed by atoms with van der Waals surface area (Å²) in [6.07, 6.45) is -9.96. The van der Waals surface area contributed by atoms with Crippen LogP contribution >= 0.6 is 15.6 Å². The van der Waals surface area contributed by atoms with Crippen molar-refractivity contribution in [3.63, 3.8) is 0 Å². The van der Waals surface area contributed by atoms with E-state index in [0.29, 0.717) is 0 Å². The van der Waals surface area contributed by atoms with E-state index in [-0.39, 0.29) is 28.0 Å². The topological polar surface area (TPSA) is 250 Å². The molecular formula is C21H22F2N8O11P2. The molecule has 0 bridgehead atoms. The zero-order chi connectivity index (χ0) is 31.0. The summed E-state index contributed by atoms with van der Waals surface area (Å²) in [5.41, 5.74) is 5.63. The second-order valence-electron chi connectivity index (χ2n) is 9.97. The van der Waals surface area contributed by atoms with Gasteiger partial charge in [-0.1, -0.05) is 0 Å². The Balaban J connectivity index is 1.17. The van der Waals surface area contributed by atoms with Gasteiger partial charge in [-0.2, -0.15) is 0 Å². The largest absolute Gasteiger partial charge is 0.472 e. The highest BCUT2D eigenvalue weighted by Crippen LogP contribution is 2.54. The standard InChI is InChI=1S/C21H22F2N8O11P2/c22-11-15-9(39-20(11)30-6-28-13-8(24)1-2-25-17(13)30)3-37-44(35,36)42-16-10(4-38-43(33,34)41-15)40-21(12(16)23)31-7-29-14-18(31)26-5-27-19(14)32/h1-2,5-7,9-12,15-16,20-21H,3-4H2,(H2,24,25)(H,33,34)(H,35,36)(H,26,27,32)/t9?,10?,11-,12-,15-,16-,20?,21?/m1/s1. The van der Waals surface area contributed by atoms with Crippen LogP contribution in [0.4, 0.5) is 14.5 Å². The second kappa shape index (κ2) is 10.7. The summed E-state index contributed by atoms with van der Waals surface area (Å²) in [7, 11) is -10.3. The van der Waals surface area contributed by atoms with E-state index in [1.807, 2.05) is 0 Å². The predicted octanol–water partition coefficient (Wildman–Crippen LogP) is 0.636. The minimum Gasteiger partial charge on any atom is -0.397 e. The van der Waals surface area contributed by atoms with Crippen LogP contribution in [0, 0.1) is 0 Å². The van der Waals surface area contributed by atoms with Gasteiger partial charge >= 0.3 is 15.6 Å². The van der Waals surface area contributed by atoms with Crippen molar-refractivity contribution in [1.82, 2.24) is 34.1 Å². The molecule has 44 heavy (non-hydrogen) atoms. The first-order valence-corrected chi connectivity index (χ1v) is 15.8. The second-order valence-corrected chi connectivity index (χ2v) is 12.8. The lowest BCUT2D eigenvalue weighted by molar-refractivity contribution is -0.0662. The zero-order valence-electron chi connectivity index (χ0n) is 21.9. The first-order valence-electron chi connectivity index (χ1n) is 12.8. The molecule has 0 aliphatic carbocycles. The number of imidazole rings is 2. The molecular weight excluding hydrogens is 640 g/mol. The first kappa shape index (κ1) is 29.5. The minimum atomic E-state index is -5.14. The van der Waals surface area contributed by atoms with Crippen LogP contribution in [0.1, 0.15) is 12.5 Å². The minimum absolute atomic E-state index is 0.0868. The summed E-state index contributed by atoms with van der Waals surface area (Å²) >= 11 is 0. The van der Waals surface area contributed by atoms with Crippen LogP contribution in [0.5, 0.6) is 0 Å². The molecule has 7 rings (SSSR count). The van der Waals surface area contributed by atoms with E-state index in [1.54, 1.807) is 0 Å². The number of nitrogens with one attached hydrogen (secondary N) is 1. The molecule has 4 aromatic heterocycles. The highest BCUT2D eigenvalue weighted by Gasteiger charge is 2.55. The number of aromatic nitrogens is 7. The summed E-state index contributed by atoms with van der Waals surface area (Å²) in [5, 5.41) is 0. The number of nitrogens with zero attached hydrogens (tertiary/aromatic N) is 6. The van der Waals surface area contributed by atoms with Crippen molar-refractivity contribution in [1.29, 1.82) is 0 Å². The van der Waals surface area contributed by atoms with Crippen LogP contribution in [0.15, 0.2) is 36.0 Å². The van der Waals surface area contributed by atoms with Gasteiger partial charge in [0.05, 0.1) is 37.9 Å². The summed E-state index contributed by atoms with van der Waals surface area (Å²) in [6.45, 7) is -1.83. The molecule has 3 aliphatic rings. The molecule has 3 saturated heterocycles. The molecule has 5 N–H and O–H groups in total. The highest BCUT2D eigenvalue weighted by atomic mass is 31.2. The maximum Gasteiger partial charge on any atom is 0.472 e. The van der Waals surface area contributed by atoms with E-state index in [1.165, 1.54) is 18.6 Å². The molecule has 19 nitrogen and oxygen atoms in total. The monoisotopic (exact) mass is 662 g/mol. The van der Waals surface area contributed by atoms with Crippen LogP contribution in [0.2, 0.25) is 0 Å². The number of hydrogen-bond acceptors (Lipinski definition) is 14. The number of alkyl halides is 2. The Hall–Kier alpha value is -3.23. The fourth-order valence-corrected chi connectivity index (χ4v) is 7.16. The van der Waals surface area contributed by atoms with Crippen LogP contribution in [0.25, 0.3) is 22.3 Å². The maximum absolute atomic E-state index is 15.8. The number of fused-ring (bicyclic) bond motifs is 4. The van der Waals surface area contributed by atoms with Gasteiger partial charge in [-0.15, -0.1) is 0 Å². The normalized spacial score (nSPS) is 38.3. The van der Waals surface area contributed by atoms with Crippen molar-refractivity contribution in [2.75, 3.05) is 18.9 Å². The molecule has 0 spiro atoms. The molecule has 0 aromatic carbocycles. The Morgan fingerprint density at radius 3 is 1.95 bits per heavy atom. The number of aromatic amines is 1. The SMILES string of the molecule is Nc1ccnc2c1ncn2C1OC2COP(=O)(O)O[C@@H]3C(COP(=O)(O)O[C@H]2[C@H]1F)OC(n1cnc2c(=O)[nH]cnc21)[C@@H]3F. The van der Waals surface area contributed by atoms with Crippen molar-refractivity contribution in [3.8, 4) is 0 Å². The highest BCUT2D eigenvalue weighted by molar-refractivity contribution is 7.47. The van der Waals surface area contributed by atoms with Gasteiger partial charge in [0.1, 0.15) is 29.9 Å². The molecule has 3 fully saturated rings. The number of pyridine rings is 1. The van der Waals surface area contributed by atoms with E-state index in [0.717, 1.165) is 21.8 Å². The number of halogens is 2. The van der Waals surface area contributed by atoms with E-state index in [9.17, 15) is 23.7 Å². The third-order valence-corrected chi connectivity index (χ3v) is 9.22. The molecule has 10 atom stereocenters. The van der Waals surface area contributed by atoms with Crippen molar-refractivity contribution in [2.24, 2.45) is 0 Å². The first-order chi connectivity index (χ1) is 20.9. The third-order valence-electron chi connectivity index (χ3n) is 7.25. The van der Waals surface area contributed by atoms with Crippen LogP contribution in [-0.4, -0.2) is 93.8 Å². The number of hydrogen-bond donors (Lipinski definition) is 4. The number of ether oxygens (including phenoxy) is 2. The summed E-state index contributed by atoms with van der Waals surface area (Å²) in [4.78, 5) is 51.4. The Morgan fingerprint density at radius 2 is 1.39 bits per heavy atom. The smallest absolute Gasteiger partial charge is 0.397 e. The van der Waals surface area contributed by atoms with Gasteiger partial charge in [0.2, 0.25) is 0 Å². The quantitative estimate of drug-likeness (QED) is 0.215. The van der Waals surface area contributed by atoms with Gasteiger partial charge in [0.15, 0.2) is 41.6 Å². The Bertz CT molecular complexity index is 1890. The van der Waals surface area contributed by atoms with Crippen molar-refractivity contribution < 1.29 is 55.3 Å². The lowest BCUT2D eigenvalue weighted by Gasteiger charge is -2.27. The zero-order valence-corrected chi connectivity index (χ0v) is 23.7. The fourth-order valence-electron chi connectivity index (χ4n) is 5.25. The molecule has 0 amide bonds. The summed E-state index contributed by atoms with van der Waals surface area (Å²) in [6, 6.07) is 1.48. The van der Waals surface area contributed by atoms with Crippen molar-refractivity contribution >= 4 is 43.7 Å². The summed E-state index contributed by atoms with van der Waals surface area (Å²) in [5.74, 6) is 0. The van der Waals surface area contributed by atoms with Gasteiger partial charge in [-0.3, -0.25) is 32.0 Å². The number of anilines is 1. The average Bonchev–Trinajstić information content (AvgIpc) is 3.73. The maximum atomic E-state index is 15.8. The lowest BCUT2D eigenvalue weighted by atomic mass is 10.1. The molecule has 7 heterocycles. The number of nitrogens with two attached hydrogens (primary N) is 1. The number of rotatable bonds is 2. The number of phosphoric ester groups is 2.